The average molecular weight is 259 g/mol. The van der Waals surface area contributed by atoms with E-state index in [1.54, 1.807) is 22.6 Å². The van der Waals surface area contributed by atoms with Crippen LogP contribution in [0.25, 0.3) is 0 Å². The lowest BCUT2D eigenvalue weighted by Gasteiger charge is -2.21. The number of rotatable bonds is 1. The van der Waals surface area contributed by atoms with Gasteiger partial charge in [-0.3, -0.25) is 0 Å². The zero-order valence-corrected chi connectivity index (χ0v) is 7.26. The van der Waals surface area contributed by atoms with Gasteiger partial charge >= 0.3 is 0 Å². The molecule has 1 saturated heterocycles. The molecule has 0 saturated carbocycles. The molecule has 0 spiro atoms. The highest BCUT2D eigenvalue weighted by Gasteiger charge is 2.34. The lowest BCUT2D eigenvalue weighted by atomic mass is 10.2. The second-order valence-corrected chi connectivity index (χ2v) is 3.39. The van der Waals surface area contributed by atoms with E-state index in [1.165, 1.54) is 0 Å². The average Bonchev–Trinajstić information content (AvgIpc) is 2.17. The van der Waals surface area contributed by atoms with E-state index in [0.717, 1.165) is 0 Å². The van der Waals surface area contributed by atoms with E-state index in [-0.39, 0.29) is 6.61 Å². The first-order valence-electron chi connectivity index (χ1n) is 2.91. The number of aliphatic hydroxyl groups is 2. The monoisotopic (exact) mass is 259 g/mol. The van der Waals surface area contributed by atoms with Crippen LogP contribution in [-0.2, 0) is 4.74 Å². The van der Waals surface area contributed by atoms with E-state index in [1.807, 2.05) is 0 Å². The molecule has 4 atom stereocenters. The van der Waals surface area contributed by atoms with E-state index in [9.17, 15) is 5.11 Å². The van der Waals surface area contributed by atoms with Gasteiger partial charge in [-0.15, -0.1) is 0 Å². The summed E-state index contributed by atoms with van der Waals surface area (Å²) in [7, 11) is 0. The summed E-state index contributed by atoms with van der Waals surface area (Å²) >= 11 is 1.81. The highest BCUT2D eigenvalue weighted by atomic mass is 127. The molecule has 0 bridgehead atoms. The maximum absolute atomic E-state index is 10.9. The van der Waals surface area contributed by atoms with Crippen LogP contribution in [0.15, 0.2) is 0 Å². The Bertz CT molecular complexity index is 120. The molecule has 0 aromatic carbocycles. The molecule has 0 aromatic rings. The molecule has 1 heterocycles. The van der Waals surface area contributed by atoms with Gasteiger partial charge in [-0.05, 0) is 0 Å². The summed E-state index contributed by atoms with van der Waals surface area (Å²) < 4.78 is 4.39. The van der Waals surface area contributed by atoms with Crippen molar-refractivity contribution in [1.82, 2.24) is 0 Å². The molecule has 4 nitrogen and oxygen atoms in total. The summed E-state index contributed by atoms with van der Waals surface area (Å²) in [5.41, 5.74) is 0. The van der Waals surface area contributed by atoms with Crippen LogP contribution >= 0.6 is 22.6 Å². The van der Waals surface area contributed by atoms with Gasteiger partial charge in [0, 0.05) is 0 Å². The summed E-state index contributed by atoms with van der Waals surface area (Å²) in [5, 5.41) is 28.4. The van der Waals surface area contributed by atoms with Gasteiger partial charge in [0.2, 0.25) is 0 Å². The fraction of sp³-hybridized carbons (Fsp3) is 1.00. The van der Waals surface area contributed by atoms with E-state index in [4.69, 9.17) is 14.9 Å². The van der Waals surface area contributed by atoms with Crippen molar-refractivity contribution in [3.8, 4) is 0 Å². The van der Waals surface area contributed by atoms with Crippen LogP contribution in [0.2, 0.25) is 0 Å². The van der Waals surface area contributed by atoms with Crippen LogP contribution in [0.4, 0.5) is 0 Å². The Hall–Kier alpha value is 0.570. The van der Waals surface area contributed by atoms with Crippen LogP contribution in [0, 0.1) is 0 Å². The van der Waals surface area contributed by atoms with Gasteiger partial charge in [-0.2, -0.15) is 0 Å². The number of halogens is 1. The Kier molecular flexibility index (Phi) is 2.87. The van der Waals surface area contributed by atoms with Crippen LogP contribution < -0.4 is 5.11 Å². The number of hydrogen-bond acceptors (Lipinski definition) is 4. The summed E-state index contributed by atoms with van der Waals surface area (Å²) in [6.45, 7) is -0.292. The summed E-state index contributed by atoms with van der Waals surface area (Å²) in [6.07, 6.45) is -2.88. The minimum absolute atomic E-state index is 0.292. The van der Waals surface area contributed by atoms with Gasteiger partial charge in [0.1, 0.15) is 6.10 Å². The Labute approximate surface area is 72.0 Å². The van der Waals surface area contributed by atoms with E-state index in [0.29, 0.717) is 0 Å². The topological polar surface area (TPSA) is 72.8 Å². The quantitative estimate of drug-likeness (QED) is 0.431. The largest absolute Gasteiger partial charge is 0.848 e. The Morgan fingerprint density at radius 1 is 1.60 bits per heavy atom. The first-order valence-corrected chi connectivity index (χ1v) is 4.15. The van der Waals surface area contributed by atoms with Crippen LogP contribution in [0.3, 0.4) is 0 Å². The number of hydrogen-bond donors (Lipinski definition) is 2. The zero-order valence-electron chi connectivity index (χ0n) is 5.11. The molecular formula is C5H8IO4-. The van der Waals surface area contributed by atoms with Crippen LogP contribution in [-0.4, -0.2) is 39.2 Å². The fourth-order valence-electron chi connectivity index (χ4n) is 0.843. The van der Waals surface area contributed by atoms with E-state index < -0.39 is 22.4 Å². The van der Waals surface area contributed by atoms with E-state index in [2.05, 4.69) is 0 Å². The molecule has 0 aromatic heterocycles. The SMILES string of the molecule is [O-]C1C(I)OC(CO)C1O. The molecule has 0 aliphatic carbocycles. The third kappa shape index (κ3) is 1.42. The summed E-state index contributed by atoms with van der Waals surface area (Å²) in [4.78, 5) is 0. The standard InChI is InChI=1S/C5H8IO4/c6-5-4(9)3(8)2(1-7)10-5/h2-5,7-8H,1H2/q-1. The molecule has 1 aliphatic heterocycles. The van der Waals surface area contributed by atoms with Gasteiger partial charge in [0.25, 0.3) is 0 Å². The summed E-state index contributed by atoms with van der Waals surface area (Å²) in [6, 6.07) is 0. The first kappa shape index (κ1) is 8.66. The smallest absolute Gasteiger partial charge is 0.107 e. The minimum atomic E-state index is -1.13. The van der Waals surface area contributed by atoms with Gasteiger partial charge < -0.3 is 20.1 Å². The first-order chi connectivity index (χ1) is 4.66. The van der Waals surface area contributed by atoms with Crippen molar-refractivity contribution in [2.45, 2.75) is 22.4 Å². The Morgan fingerprint density at radius 3 is 2.40 bits per heavy atom. The molecule has 60 valence electrons. The fourth-order valence-corrected chi connectivity index (χ4v) is 1.65. The minimum Gasteiger partial charge on any atom is -0.848 e. The zero-order chi connectivity index (χ0) is 7.72. The molecule has 0 radical (unpaired) electrons. The summed E-state index contributed by atoms with van der Waals surface area (Å²) in [5.74, 6) is 0. The molecular weight excluding hydrogens is 251 g/mol. The molecule has 0 amide bonds. The van der Waals surface area contributed by atoms with Gasteiger partial charge in [0.15, 0.2) is 0 Å². The lowest BCUT2D eigenvalue weighted by Crippen LogP contribution is -2.42. The number of alkyl halides is 1. The normalized spacial score (nSPS) is 48.0. The van der Waals surface area contributed by atoms with Crippen molar-refractivity contribution in [3.63, 3.8) is 0 Å². The molecule has 5 heteroatoms. The van der Waals surface area contributed by atoms with Crippen molar-refractivity contribution < 1.29 is 20.1 Å². The maximum Gasteiger partial charge on any atom is 0.107 e. The van der Waals surface area contributed by atoms with Gasteiger partial charge in [-0.25, -0.2) is 0 Å². The second-order valence-electron chi connectivity index (χ2n) is 2.16. The van der Waals surface area contributed by atoms with Crippen molar-refractivity contribution in [3.05, 3.63) is 0 Å². The predicted octanol–water partition coefficient (Wildman–Crippen LogP) is -1.77. The molecule has 2 N–H and O–H groups in total. The third-order valence-electron chi connectivity index (χ3n) is 1.46. The number of aliphatic hydroxyl groups excluding tert-OH is 2. The van der Waals surface area contributed by atoms with Gasteiger partial charge in [0.05, 0.1) is 16.8 Å². The predicted molar refractivity (Wildman–Crippen MR) is 39.6 cm³/mol. The van der Waals surface area contributed by atoms with Crippen LogP contribution in [0.1, 0.15) is 0 Å². The molecule has 1 aliphatic rings. The van der Waals surface area contributed by atoms with Crippen molar-refractivity contribution >= 4 is 22.6 Å². The van der Waals surface area contributed by atoms with Crippen molar-refractivity contribution in [1.29, 1.82) is 0 Å². The third-order valence-corrected chi connectivity index (χ3v) is 2.46. The lowest BCUT2D eigenvalue weighted by molar-refractivity contribution is -0.432. The van der Waals surface area contributed by atoms with Crippen molar-refractivity contribution in [2.24, 2.45) is 0 Å². The van der Waals surface area contributed by atoms with Gasteiger partial charge in [-0.1, -0.05) is 28.7 Å². The highest BCUT2D eigenvalue weighted by molar-refractivity contribution is 14.1. The molecule has 1 rings (SSSR count). The van der Waals surface area contributed by atoms with Crippen molar-refractivity contribution in [2.75, 3.05) is 6.61 Å². The molecule has 4 unspecified atom stereocenters. The molecule has 1 fully saturated rings. The maximum atomic E-state index is 10.9. The van der Waals surface area contributed by atoms with E-state index >= 15 is 0 Å². The Balaban J connectivity index is 2.53. The Morgan fingerprint density at radius 2 is 2.20 bits per heavy atom. The second kappa shape index (κ2) is 3.31. The highest BCUT2D eigenvalue weighted by Crippen LogP contribution is 2.23. The van der Waals surface area contributed by atoms with Crippen LogP contribution in [0.5, 0.6) is 0 Å². The number of ether oxygens (including phenoxy) is 1. The molecule has 10 heavy (non-hydrogen) atoms.